The van der Waals surface area contributed by atoms with Gasteiger partial charge in [-0.25, -0.2) is 4.79 Å². The molecule has 1 fully saturated rings. The maximum atomic E-state index is 11.7. The van der Waals surface area contributed by atoms with E-state index in [0.29, 0.717) is 18.4 Å². The van der Waals surface area contributed by atoms with Crippen molar-refractivity contribution in [3.63, 3.8) is 0 Å². The summed E-state index contributed by atoms with van der Waals surface area (Å²) in [5, 5.41) is 9.14. The lowest BCUT2D eigenvalue weighted by Crippen LogP contribution is -2.33. The van der Waals surface area contributed by atoms with Gasteiger partial charge in [0.2, 0.25) is 0 Å². The Bertz CT molecular complexity index is 519. The molecule has 6 heteroatoms. The Morgan fingerprint density at radius 3 is 2.82 bits per heavy atom. The van der Waals surface area contributed by atoms with Crippen LogP contribution in [-0.4, -0.2) is 27.3 Å². The van der Waals surface area contributed by atoms with Crippen molar-refractivity contribution in [3.05, 3.63) is 32.6 Å². The number of aromatic nitrogens is 2. The number of aromatic amines is 1. The van der Waals surface area contributed by atoms with Gasteiger partial charge >= 0.3 is 5.69 Å². The average Bonchev–Trinajstić information content (AvgIpc) is 2.65. The number of nitrogens with one attached hydrogen (secondary N) is 1. The Hall–Kier alpha value is -1.40. The topological polar surface area (TPSA) is 101 Å². The number of aliphatic hydroxyl groups is 1. The molecule has 4 N–H and O–H groups in total. The first kappa shape index (κ1) is 12.1. The Morgan fingerprint density at radius 1 is 1.53 bits per heavy atom. The zero-order valence-electron chi connectivity index (χ0n) is 9.72. The molecule has 1 aromatic heterocycles. The van der Waals surface area contributed by atoms with Gasteiger partial charge in [0.25, 0.3) is 5.56 Å². The van der Waals surface area contributed by atoms with Crippen LogP contribution in [-0.2, 0) is 0 Å². The van der Waals surface area contributed by atoms with Crippen LogP contribution >= 0.6 is 0 Å². The van der Waals surface area contributed by atoms with Gasteiger partial charge in [-0.3, -0.25) is 14.3 Å². The van der Waals surface area contributed by atoms with E-state index in [1.807, 2.05) is 0 Å². The maximum absolute atomic E-state index is 11.7. The minimum absolute atomic E-state index is 0.0270. The molecule has 1 saturated carbocycles. The number of hydrogen-bond donors (Lipinski definition) is 3. The summed E-state index contributed by atoms with van der Waals surface area (Å²) >= 11 is 0. The summed E-state index contributed by atoms with van der Waals surface area (Å²) in [5.74, 6) is 0.0270. The van der Waals surface area contributed by atoms with Crippen LogP contribution in [0.3, 0.4) is 0 Å². The van der Waals surface area contributed by atoms with Crippen LogP contribution in [0.15, 0.2) is 15.8 Å². The van der Waals surface area contributed by atoms with Crippen molar-refractivity contribution in [3.8, 4) is 0 Å². The number of rotatable bonds is 2. The quantitative estimate of drug-likeness (QED) is 0.623. The predicted molar refractivity (Wildman–Crippen MR) is 62.9 cm³/mol. The van der Waals surface area contributed by atoms with Crippen LogP contribution in [0.4, 0.5) is 0 Å². The maximum Gasteiger partial charge on any atom is 0.328 e. The molecule has 1 aliphatic rings. The second kappa shape index (κ2) is 4.46. The normalized spacial score (nSPS) is 28.5. The number of hydrogen-bond acceptors (Lipinski definition) is 4. The molecular weight excluding hydrogens is 222 g/mol. The first-order chi connectivity index (χ1) is 8.02. The van der Waals surface area contributed by atoms with Crippen LogP contribution in [0.5, 0.6) is 0 Å². The van der Waals surface area contributed by atoms with Crippen molar-refractivity contribution < 1.29 is 5.11 Å². The fourth-order valence-corrected chi connectivity index (χ4v) is 2.42. The van der Waals surface area contributed by atoms with E-state index < -0.39 is 5.69 Å². The largest absolute Gasteiger partial charge is 0.396 e. The molecule has 0 spiro atoms. The molecule has 1 aromatic rings. The number of nitrogens with two attached hydrogens (primary N) is 1. The highest BCUT2D eigenvalue weighted by molar-refractivity contribution is 5.03. The highest BCUT2D eigenvalue weighted by atomic mass is 16.3. The van der Waals surface area contributed by atoms with E-state index in [1.54, 1.807) is 13.1 Å². The summed E-state index contributed by atoms with van der Waals surface area (Å²) in [6.07, 6.45) is 2.89. The number of aryl methyl sites for hydroxylation is 1. The van der Waals surface area contributed by atoms with E-state index in [2.05, 4.69) is 4.98 Å². The van der Waals surface area contributed by atoms with Gasteiger partial charge in [-0.2, -0.15) is 0 Å². The molecule has 94 valence electrons. The van der Waals surface area contributed by atoms with Gasteiger partial charge in [-0.1, -0.05) is 0 Å². The lowest BCUT2D eigenvalue weighted by Gasteiger charge is -2.13. The second-order valence-corrected chi connectivity index (χ2v) is 4.71. The molecule has 0 unspecified atom stereocenters. The minimum atomic E-state index is -0.406. The highest BCUT2D eigenvalue weighted by Crippen LogP contribution is 2.32. The van der Waals surface area contributed by atoms with E-state index in [1.165, 1.54) is 4.57 Å². The Morgan fingerprint density at radius 2 is 2.24 bits per heavy atom. The summed E-state index contributed by atoms with van der Waals surface area (Å²) < 4.78 is 1.52. The number of nitrogens with zero attached hydrogens (tertiary/aromatic N) is 1. The van der Waals surface area contributed by atoms with E-state index in [-0.39, 0.29) is 30.2 Å². The van der Waals surface area contributed by atoms with E-state index in [4.69, 9.17) is 10.8 Å². The van der Waals surface area contributed by atoms with Crippen molar-refractivity contribution in [1.82, 2.24) is 9.55 Å². The lowest BCUT2D eigenvalue weighted by molar-refractivity contribution is 0.215. The van der Waals surface area contributed by atoms with Crippen molar-refractivity contribution in [2.45, 2.75) is 31.8 Å². The molecule has 0 bridgehead atoms. The third-order valence-corrected chi connectivity index (χ3v) is 3.50. The van der Waals surface area contributed by atoms with Gasteiger partial charge in [0.1, 0.15) is 0 Å². The number of H-pyrrole nitrogens is 1. The fraction of sp³-hybridized carbons (Fsp3) is 0.636. The standard InChI is InChI=1S/C11H17N3O3/c1-6-4-14(11(17)13-10(6)16)8-2-7(5-15)9(12)3-8/h4,7-9,15H,2-3,5,12H2,1H3,(H,13,16,17)/t7-,8-,9-/m0/s1. The zero-order chi connectivity index (χ0) is 12.6. The molecule has 0 aromatic carbocycles. The molecule has 1 aliphatic carbocycles. The summed E-state index contributed by atoms with van der Waals surface area (Å²) in [4.78, 5) is 25.2. The third-order valence-electron chi connectivity index (χ3n) is 3.50. The second-order valence-electron chi connectivity index (χ2n) is 4.71. The van der Waals surface area contributed by atoms with Crippen molar-refractivity contribution in [1.29, 1.82) is 0 Å². The molecule has 3 atom stereocenters. The van der Waals surface area contributed by atoms with Gasteiger partial charge in [0.15, 0.2) is 0 Å². The molecule has 0 radical (unpaired) electrons. The number of aliphatic hydroxyl groups excluding tert-OH is 1. The van der Waals surface area contributed by atoms with Crippen molar-refractivity contribution >= 4 is 0 Å². The van der Waals surface area contributed by atoms with Crippen LogP contribution in [0.2, 0.25) is 0 Å². The van der Waals surface area contributed by atoms with Crippen LogP contribution in [0.1, 0.15) is 24.4 Å². The molecule has 0 amide bonds. The Labute approximate surface area is 98.1 Å². The molecular formula is C11H17N3O3. The first-order valence-electron chi connectivity index (χ1n) is 5.71. The lowest BCUT2D eigenvalue weighted by atomic mass is 10.1. The first-order valence-corrected chi connectivity index (χ1v) is 5.71. The third kappa shape index (κ3) is 2.18. The molecule has 2 rings (SSSR count). The van der Waals surface area contributed by atoms with Gasteiger partial charge in [0, 0.05) is 30.5 Å². The Balaban J connectivity index is 2.34. The molecule has 6 nitrogen and oxygen atoms in total. The molecule has 0 saturated heterocycles. The summed E-state index contributed by atoms with van der Waals surface area (Å²) in [7, 11) is 0. The predicted octanol–water partition coefficient (Wildman–Crippen LogP) is -0.884. The molecule has 0 aliphatic heterocycles. The van der Waals surface area contributed by atoms with Crippen molar-refractivity contribution in [2.75, 3.05) is 6.61 Å². The van der Waals surface area contributed by atoms with Crippen LogP contribution in [0, 0.1) is 12.8 Å². The monoisotopic (exact) mass is 239 g/mol. The average molecular weight is 239 g/mol. The smallest absolute Gasteiger partial charge is 0.328 e. The SMILES string of the molecule is Cc1cn([C@H]2C[C@@H](CO)[C@@H](N)C2)c(=O)[nH]c1=O. The zero-order valence-corrected chi connectivity index (χ0v) is 9.72. The summed E-state index contributed by atoms with van der Waals surface area (Å²) in [6.45, 7) is 1.70. The molecule has 17 heavy (non-hydrogen) atoms. The van der Waals surface area contributed by atoms with Gasteiger partial charge < -0.3 is 10.8 Å². The van der Waals surface area contributed by atoms with Crippen molar-refractivity contribution in [2.24, 2.45) is 11.7 Å². The van der Waals surface area contributed by atoms with E-state index in [0.717, 1.165) is 0 Å². The summed E-state index contributed by atoms with van der Waals surface area (Å²) in [6, 6.07) is -0.130. The molecule has 1 heterocycles. The van der Waals surface area contributed by atoms with Gasteiger partial charge in [-0.15, -0.1) is 0 Å². The Kier molecular flexibility index (Phi) is 3.17. The van der Waals surface area contributed by atoms with Gasteiger partial charge in [-0.05, 0) is 25.7 Å². The van der Waals surface area contributed by atoms with E-state index >= 15 is 0 Å². The van der Waals surface area contributed by atoms with Crippen LogP contribution < -0.4 is 17.0 Å². The summed E-state index contributed by atoms with van der Waals surface area (Å²) in [5.41, 5.74) is 5.63. The van der Waals surface area contributed by atoms with Gasteiger partial charge in [0.05, 0.1) is 0 Å². The van der Waals surface area contributed by atoms with Crippen LogP contribution in [0.25, 0.3) is 0 Å². The fourth-order valence-electron chi connectivity index (χ4n) is 2.42. The minimum Gasteiger partial charge on any atom is -0.396 e. The van der Waals surface area contributed by atoms with E-state index in [9.17, 15) is 9.59 Å². The highest BCUT2D eigenvalue weighted by Gasteiger charge is 2.32.